The molecule has 9 aromatic rings. The summed E-state index contributed by atoms with van der Waals surface area (Å²) in [6.45, 7) is 4.82. The summed E-state index contributed by atoms with van der Waals surface area (Å²) >= 11 is 0. The van der Waals surface area contributed by atoms with Crippen LogP contribution >= 0.6 is 0 Å². The van der Waals surface area contributed by atoms with Crippen molar-refractivity contribution < 1.29 is 0 Å². The molecule has 0 spiro atoms. The van der Waals surface area contributed by atoms with Gasteiger partial charge < -0.3 is 9.80 Å². The maximum absolute atomic E-state index is 2.62. The van der Waals surface area contributed by atoms with Crippen LogP contribution in [0, 0.1) is 0 Å². The maximum Gasteiger partial charge on any atom is 0.0490 e. The summed E-state index contributed by atoms with van der Waals surface area (Å²) in [5.41, 5.74) is 24.1. The number of hydrogen-bond donors (Lipinski definition) is 0. The second-order valence-electron chi connectivity index (χ2n) is 20.5. The van der Waals surface area contributed by atoms with Crippen LogP contribution in [-0.4, -0.2) is 0 Å². The van der Waals surface area contributed by atoms with E-state index in [0.29, 0.717) is 0 Å². The lowest BCUT2D eigenvalue weighted by Crippen LogP contribution is -2.19. The van der Waals surface area contributed by atoms with Crippen molar-refractivity contribution in [2.45, 2.75) is 70.6 Å². The topological polar surface area (TPSA) is 6.48 Å². The van der Waals surface area contributed by atoms with Crippen LogP contribution in [-0.2, 0) is 18.3 Å². The van der Waals surface area contributed by atoms with E-state index in [2.05, 4.69) is 218 Å². The molecule has 2 heteroatoms. The summed E-state index contributed by atoms with van der Waals surface area (Å²) < 4.78 is 0. The van der Waals surface area contributed by atoms with Crippen molar-refractivity contribution in [3.05, 3.63) is 239 Å². The zero-order valence-electron chi connectivity index (χ0n) is 39.5. The Morgan fingerprint density at radius 2 is 0.913 bits per heavy atom. The first-order chi connectivity index (χ1) is 34.0. The van der Waals surface area contributed by atoms with Crippen LogP contribution in [0.4, 0.5) is 22.7 Å². The molecule has 0 unspecified atom stereocenters. The first-order valence-electron chi connectivity index (χ1n) is 25.3. The fourth-order valence-corrected chi connectivity index (χ4v) is 13.0. The summed E-state index contributed by atoms with van der Waals surface area (Å²) in [7, 11) is 0. The fraction of sp³-hybridized carbons (Fsp3) is 0.164. The predicted molar refractivity (Wildman–Crippen MR) is 292 cm³/mol. The van der Waals surface area contributed by atoms with Gasteiger partial charge in [-0.25, -0.2) is 0 Å². The molecule has 0 radical (unpaired) electrons. The monoisotopic (exact) mass is 886 g/mol. The van der Waals surface area contributed by atoms with Crippen LogP contribution in [0.15, 0.2) is 217 Å². The van der Waals surface area contributed by atoms with Gasteiger partial charge in [-0.2, -0.15) is 0 Å². The van der Waals surface area contributed by atoms with Gasteiger partial charge in [0.05, 0.1) is 0 Å². The van der Waals surface area contributed by atoms with Crippen LogP contribution in [0.2, 0.25) is 0 Å². The number of aryl methyl sites for hydroxylation is 2. The predicted octanol–water partition coefficient (Wildman–Crippen LogP) is 18.2. The van der Waals surface area contributed by atoms with Crippen molar-refractivity contribution in [3.8, 4) is 33.4 Å². The molecule has 0 N–H and O–H groups in total. The third-order valence-electron chi connectivity index (χ3n) is 16.3. The highest BCUT2D eigenvalue weighted by atomic mass is 15.2. The van der Waals surface area contributed by atoms with Crippen molar-refractivity contribution in [2.24, 2.45) is 0 Å². The van der Waals surface area contributed by atoms with Crippen LogP contribution in [0.3, 0.4) is 0 Å². The molecule has 0 fully saturated rings. The quantitative estimate of drug-likeness (QED) is 0.163. The van der Waals surface area contributed by atoms with E-state index in [1.165, 1.54) is 133 Å². The Kier molecular flexibility index (Phi) is 9.18. The van der Waals surface area contributed by atoms with Gasteiger partial charge in [-0.3, -0.25) is 0 Å². The molecule has 5 aliphatic rings. The van der Waals surface area contributed by atoms with Gasteiger partial charge in [-0.05, 0) is 199 Å². The third-order valence-corrected chi connectivity index (χ3v) is 16.3. The molecular formula is C67H54N2. The lowest BCUT2D eigenvalue weighted by Gasteiger charge is -2.32. The number of nitrogens with zero attached hydrogens (tertiary/aromatic N) is 2. The Hall–Kier alpha value is -7.68. The van der Waals surface area contributed by atoms with E-state index in [1.807, 2.05) is 0 Å². The van der Waals surface area contributed by atoms with Gasteiger partial charge in [0.1, 0.15) is 0 Å². The van der Waals surface area contributed by atoms with Gasteiger partial charge in [0, 0.05) is 39.6 Å². The van der Waals surface area contributed by atoms with E-state index in [4.69, 9.17) is 0 Å². The van der Waals surface area contributed by atoms with Gasteiger partial charge in [0.25, 0.3) is 0 Å². The average Bonchev–Trinajstić information content (AvgIpc) is 3.51. The highest BCUT2D eigenvalue weighted by molar-refractivity contribution is 6.23. The summed E-state index contributed by atoms with van der Waals surface area (Å²) in [5.74, 6) is 0. The average molecular weight is 887 g/mol. The van der Waals surface area contributed by atoms with E-state index >= 15 is 0 Å². The molecule has 0 saturated carbocycles. The highest BCUT2D eigenvalue weighted by Gasteiger charge is 2.36. The standard InChI is InChI=1S/C67H54N2/c1-67(2)59-22-10-9-21-53(59)54-36-33-50(40-60(54)67)66-56-38-35-51(68-61-23-11-5-16-44(61)28-29-45-17-6-12-24-62(45)68)41-57(56)65(49-32-27-43-15-3-4-20-48(43)39-49)55-37-34-52(42-58(55)66)69-63-25-13-7-18-46(63)30-31-47-19-8-14-26-64(47)69/h3-11,13,15-23,25,27,32-42H,12,14,24,26,28-31H2,1-2H3. The minimum absolute atomic E-state index is 0.135. The Morgan fingerprint density at radius 1 is 0.391 bits per heavy atom. The Labute approximate surface area is 405 Å². The number of fused-ring (bicyclic) bond motifs is 8. The Morgan fingerprint density at radius 3 is 1.55 bits per heavy atom. The van der Waals surface area contributed by atoms with Gasteiger partial charge in [0.15, 0.2) is 0 Å². The molecule has 2 heterocycles. The number of benzene rings is 9. The number of anilines is 4. The number of para-hydroxylation sites is 2. The van der Waals surface area contributed by atoms with Crippen molar-refractivity contribution in [1.29, 1.82) is 0 Å². The fourth-order valence-electron chi connectivity index (χ4n) is 13.0. The SMILES string of the molecule is CC1(C)c2ccccc2-c2ccc(-c3c4ccc(N5C6=C(C=CCC6)CCc6ccccc65)cc4c(-c4ccc5ccccc5c4)c4ccc(N5C6=C(C=CCC6)CCc6ccccc65)cc34)cc21. The number of hydrogen-bond acceptors (Lipinski definition) is 2. The molecule has 332 valence electrons. The second kappa shape index (κ2) is 15.7. The van der Waals surface area contributed by atoms with Crippen LogP contribution in [0.25, 0.3) is 65.7 Å². The molecule has 0 atom stereocenters. The lowest BCUT2D eigenvalue weighted by atomic mass is 9.80. The van der Waals surface area contributed by atoms with E-state index in [0.717, 1.165) is 51.4 Å². The van der Waals surface area contributed by atoms with E-state index in [1.54, 1.807) is 0 Å². The third kappa shape index (κ3) is 6.31. The first-order valence-corrected chi connectivity index (χ1v) is 25.3. The molecule has 0 aromatic heterocycles. The summed E-state index contributed by atoms with van der Waals surface area (Å²) in [4.78, 5) is 5.24. The summed E-state index contributed by atoms with van der Waals surface area (Å²) in [6.07, 6.45) is 17.9. The zero-order valence-corrected chi connectivity index (χ0v) is 39.5. The van der Waals surface area contributed by atoms with Gasteiger partial charge in [0.2, 0.25) is 0 Å². The number of rotatable bonds is 4. The molecule has 9 aromatic carbocycles. The Balaban J connectivity index is 1.10. The minimum atomic E-state index is -0.135. The minimum Gasteiger partial charge on any atom is -0.314 e. The first kappa shape index (κ1) is 40.4. The largest absolute Gasteiger partial charge is 0.314 e. The normalized spacial score (nSPS) is 16.8. The van der Waals surface area contributed by atoms with Crippen molar-refractivity contribution in [2.75, 3.05) is 9.80 Å². The molecule has 3 aliphatic carbocycles. The van der Waals surface area contributed by atoms with Crippen LogP contribution < -0.4 is 9.80 Å². The summed E-state index contributed by atoms with van der Waals surface area (Å²) in [5, 5.41) is 7.62. The second-order valence-corrected chi connectivity index (χ2v) is 20.5. The number of allylic oxidation sites excluding steroid dienone is 8. The van der Waals surface area contributed by atoms with Crippen molar-refractivity contribution in [3.63, 3.8) is 0 Å². The highest BCUT2D eigenvalue weighted by Crippen LogP contribution is 2.53. The van der Waals surface area contributed by atoms with Crippen LogP contribution in [0.1, 0.15) is 74.6 Å². The van der Waals surface area contributed by atoms with Gasteiger partial charge in [-0.15, -0.1) is 0 Å². The smallest absolute Gasteiger partial charge is 0.0490 e. The zero-order chi connectivity index (χ0) is 45.8. The Bertz CT molecular complexity index is 3780. The molecule has 2 aliphatic heterocycles. The van der Waals surface area contributed by atoms with E-state index in [9.17, 15) is 0 Å². The molecule has 69 heavy (non-hydrogen) atoms. The van der Waals surface area contributed by atoms with E-state index in [-0.39, 0.29) is 5.41 Å². The molecule has 14 rings (SSSR count). The van der Waals surface area contributed by atoms with E-state index < -0.39 is 0 Å². The van der Waals surface area contributed by atoms with Gasteiger partial charge in [-0.1, -0.05) is 159 Å². The van der Waals surface area contributed by atoms with Crippen LogP contribution in [0.5, 0.6) is 0 Å². The molecular weight excluding hydrogens is 833 g/mol. The molecule has 0 saturated heterocycles. The molecule has 0 bridgehead atoms. The summed E-state index contributed by atoms with van der Waals surface area (Å²) in [6, 6.07) is 65.5. The lowest BCUT2D eigenvalue weighted by molar-refractivity contribution is 0.660. The maximum atomic E-state index is 2.62. The molecule has 2 nitrogen and oxygen atoms in total. The van der Waals surface area contributed by atoms with Crippen molar-refractivity contribution in [1.82, 2.24) is 0 Å². The van der Waals surface area contributed by atoms with Gasteiger partial charge >= 0.3 is 0 Å². The molecule has 0 amide bonds. The van der Waals surface area contributed by atoms with Crippen molar-refractivity contribution >= 4 is 55.1 Å².